The summed E-state index contributed by atoms with van der Waals surface area (Å²) in [5.74, 6) is 2.58. The maximum absolute atomic E-state index is 8.81. The smallest absolute Gasteiger partial charge is 0.116 e. The van der Waals surface area contributed by atoms with Gasteiger partial charge in [-0.15, -0.1) is 0 Å². The van der Waals surface area contributed by atoms with Crippen LogP contribution in [0, 0.1) is 23.7 Å². The van der Waals surface area contributed by atoms with Gasteiger partial charge in [-0.3, -0.25) is 0 Å². The summed E-state index contributed by atoms with van der Waals surface area (Å²) in [6.45, 7) is 38.9. The quantitative estimate of drug-likeness (QED) is 0.139. The summed E-state index contributed by atoms with van der Waals surface area (Å²) in [6.07, 6.45) is 16.8. The third kappa shape index (κ3) is 29.1. The van der Waals surface area contributed by atoms with Gasteiger partial charge in [-0.1, -0.05) is 150 Å². The first-order valence-corrected chi connectivity index (χ1v) is 15.8. The molecule has 2 heteroatoms. The van der Waals surface area contributed by atoms with Crippen molar-refractivity contribution in [1.29, 1.82) is 0 Å². The van der Waals surface area contributed by atoms with Crippen LogP contribution in [0.5, 0.6) is 0 Å². The molecule has 0 aliphatic heterocycles. The number of hydrogen-bond acceptors (Lipinski definition) is 2. The Kier molecular flexibility index (Phi) is 33.8. The minimum atomic E-state index is 0.503. The van der Waals surface area contributed by atoms with E-state index in [4.69, 9.17) is 4.79 Å². The highest BCUT2D eigenvalue weighted by molar-refractivity contribution is 5.51. The van der Waals surface area contributed by atoms with Crippen molar-refractivity contribution in [3.8, 4) is 0 Å². The Morgan fingerprint density at radius 3 is 1.38 bits per heavy atom. The molecule has 0 heterocycles. The van der Waals surface area contributed by atoms with Crippen molar-refractivity contribution in [2.45, 2.75) is 121 Å². The molecule has 0 fully saturated rings. The van der Waals surface area contributed by atoms with E-state index in [0.717, 1.165) is 35.7 Å². The third-order valence-electron chi connectivity index (χ3n) is 6.86. The van der Waals surface area contributed by atoms with Gasteiger partial charge in [0, 0.05) is 0 Å². The van der Waals surface area contributed by atoms with Gasteiger partial charge < -0.3 is 9.69 Å². The molecule has 0 aromatic heterocycles. The van der Waals surface area contributed by atoms with Crippen LogP contribution in [0.15, 0.2) is 72.4 Å². The van der Waals surface area contributed by atoms with Crippen molar-refractivity contribution < 1.29 is 4.79 Å². The number of aldehydes is 1. The topological polar surface area (TPSA) is 20.3 Å². The van der Waals surface area contributed by atoms with Crippen LogP contribution in [-0.2, 0) is 4.79 Å². The monoisotopic (exact) mass is 558 g/mol. The van der Waals surface area contributed by atoms with E-state index in [9.17, 15) is 0 Å². The van der Waals surface area contributed by atoms with Crippen LogP contribution >= 0.6 is 0 Å². The van der Waals surface area contributed by atoms with Crippen LogP contribution in [-0.4, -0.2) is 32.3 Å². The van der Waals surface area contributed by atoms with E-state index in [1.165, 1.54) is 68.6 Å². The summed E-state index contributed by atoms with van der Waals surface area (Å²) in [7, 11) is 6.00. The van der Waals surface area contributed by atoms with E-state index < -0.39 is 0 Å². The SMILES string of the molecule is C=C(/C=C\C(=C)C(C)CCC(C)CC)C(=C)/C(=C\C(=C)C(C)CCC(C)CC)CC.CC=O.CCC.CN(C)C. The zero-order valence-electron chi connectivity index (χ0n) is 29.5. The van der Waals surface area contributed by atoms with E-state index in [1.807, 2.05) is 26.0 Å². The van der Waals surface area contributed by atoms with Crippen molar-refractivity contribution >= 4 is 6.29 Å². The van der Waals surface area contributed by atoms with Crippen LogP contribution in [0.1, 0.15) is 121 Å². The Balaban J connectivity index is -0.000000556. The minimum Gasteiger partial charge on any atom is -0.312 e. The second kappa shape index (κ2) is 30.0. The first kappa shape index (κ1) is 45.1. The highest BCUT2D eigenvalue weighted by Crippen LogP contribution is 2.27. The van der Waals surface area contributed by atoms with Gasteiger partial charge in [0.15, 0.2) is 0 Å². The molecule has 40 heavy (non-hydrogen) atoms. The van der Waals surface area contributed by atoms with Crippen LogP contribution in [0.25, 0.3) is 0 Å². The lowest BCUT2D eigenvalue weighted by Gasteiger charge is -2.17. The molecule has 0 N–H and O–H groups in total. The zero-order valence-corrected chi connectivity index (χ0v) is 29.5. The summed E-state index contributed by atoms with van der Waals surface area (Å²) in [4.78, 5) is 10.8. The summed E-state index contributed by atoms with van der Waals surface area (Å²) in [5, 5.41) is 0. The lowest BCUT2D eigenvalue weighted by atomic mass is 9.88. The van der Waals surface area contributed by atoms with Gasteiger partial charge in [-0.25, -0.2) is 0 Å². The van der Waals surface area contributed by atoms with E-state index in [1.54, 1.807) is 0 Å². The van der Waals surface area contributed by atoms with E-state index in [2.05, 4.69) is 107 Å². The van der Waals surface area contributed by atoms with Gasteiger partial charge in [-0.2, -0.15) is 0 Å². The molecule has 2 nitrogen and oxygen atoms in total. The van der Waals surface area contributed by atoms with E-state index in [-0.39, 0.29) is 0 Å². The van der Waals surface area contributed by atoms with Crippen molar-refractivity contribution in [3.63, 3.8) is 0 Å². The van der Waals surface area contributed by atoms with Gasteiger partial charge in [0.05, 0.1) is 0 Å². The largest absolute Gasteiger partial charge is 0.312 e. The van der Waals surface area contributed by atoms with E-state index >= 15 is 0 Å². The van der Waals surface area contributed by atoms with E-state index in [0.29, 0.717) is 11.8 Å². The third-order valence-corrected chi connectivity index (χ3v) is 6.86. The molecule has 0 aliphatic carbocycles. The number of nitrogens with zero attached hydrogens (tertiary/aromatic N) is 1. The standard InChI is InChI=1S/C30H50.C3H9N.C3H8.C2H4O/c1-12-22(4)15-17-24(6)25(7)19-20-27(9)29(11)30(14-3)21-28(10)26(8)18-16-23(5)13-2;1-4(2)3;1-3-2;1-2-3/h19-24,26H,7,9-18H2,1-6,8H3;1-3H3;3H2,1-2H3;2H,1H3/b20-19-,30-21-;;;. The van der Waals surface area contributed by atoms with Crippen molar-refractivity contribution in [2.24, 2.45) is 23.7 Å². The van der Waals surface area contributed by atoms with Crippen LogP contribution in [0.4, 0.5) is 0 Å². The second-order valence-corrected chi connectivity index (χ2v) is 11.8. The fourth-order valence-electron chi connectivity index (χ4n) is 3.30. The number of carbonyl (C=O) groups is 1. The first-order valence-electron chi connectivity index (χ1n) is 15.8. The van der Waals surface area contributed by atoms with Crippen LogP contribution < -0.4 is 0 Å². The van der Waals surface area contributed by atoms with Gasteiger partial charge in [0.1, 0.15) is 6.29 Å². The molecule has 0 saturated carbocycles. The molecule has 234 valence electrons. The average Bonchev–Trinajstić information content (AvgIpc) is 2.91. The maximum atomic E-state index is 8.81. The van der Waals surface area contributed by atoms with Crippen molar-refractivity contribution in [3.05, 3.63) is 72.4 Å². The van der Waals surface area contributed by atoms with Crippen molar-refractivity contribution in [1.82, 2.24) is 4.90 Å². The minimum absolute atomic E-state index is 0.503. The zero-order chi connectivity index (χ0) is 32.3. The maximum Gasteiger partial charge on any atom is 0.116 e. The predicted molar refractivity (Wildman–Crippen MR) is 187 cm³/mol. The molecule has 0 amide bonds. The number of allylic oxidation sites excluding steroid dienone is 8. The lowest BCUT2D eigenvalue weighted by molar-refractivity contribution is -0.106. The molecule has 0 spiro atoms. The second-order valence-electron chi connectivity index (χ2n) is 11.8. The molecule has 0 saturated heterocycles. The van der Waals surface area contributed by atoms with Gasteiger partial charge >= 0.3 is 0 Å². The fraction of sp³-hybridized carbons (Fsp3) is 0.658. The highest BCUT2D eigenvalue weighted by atomic mass is 16.1. The lowest BCUT2D eigenvalue weighted by Crippen LogP contribution is -2.02. The Morgan fingerprint density at radius 1 is 0.700 bits per heavy atom. The number of hydrogen-bond donors (Lipinski definition) is 0. The highest BCUT2D eigenvalue weighted by Gasteiger charge is 2.11. The van der Waals surface area contributed by atoms with Gasteiger partial charge in [-0.05, 0) is 87.7 Å². The first-order chi connectivity index (χ1) is 18.6. The van der Waals surface area contributed by atoms with Crippen molar-refractivity contribution in [2.75, 3.05) is 21.1 Å². The molecule has 0 rings (SSSR count). The Labute approximate surface area is 253 Å². The summed E-state index contributed by atoms with van der Waals surface area (Å²) in [5.41, 5.74) is 5.61. The van der Waals surface area contributed by atoms with Crippen LogP contribution in [0.3, 0.4) is 0 Å². The summed E-state index contributed by atoms with van der Waals surface area (Å²) in [6, 6.07) is 0. The molecule has 0 aromatic rings. The molecule has 0 aliphatic rings. The Bertz CT molecular complexity index is 734. The number of rotatable bonds is 16. The van der Waals surface area contributed by atoms with Gasteiger partial charge in [0.25, 0.3) is 0 Å². The summed E-state index contributed by atoms with van der Waals surface area (Å²) < 4.78 is 0. The van der Waals surface area contributed by atoms with Gasteiger partial charge in [0.2, 0.25) is 0 Å². The Morgan fingerprint density at radius 2 is 1.05 bits per heavy atom. The number of carbonyl (C=O) groups excluding carboxylic acids is 1. The normalized spacial score (nSPS) is 13.8. The predicted octanol–water partition coefficient (Wildman–Crippen LogP) is 11.8. The molecular formula is C38H71NO. The molecule has 0 aromatic carbocycles. The Hall–Kier alpha value is -1.93. The van der Waals surface area contributed by atoms with Crippen LogP contribution in [0.2, 0.25) is 0 Å². The fourth-order valence-corrected chi connectivity index (χ4v) is 3.30. The molecular weight excluding hydrogens is 486 g/mol. The molecule has 0 radical (unpaired) electrons. The molecule has 4 atom stereocenters. The summed E-state index contributed by atoms with van der Waals surface area (Å²) >= 11 is 0. The molecule has 4 unspecified atom stereocenters. The average molecular weight is 558 g/mol. The molecule has 0 bridgehead atoms.